The summed E-state index contributed by atoms with van der Waals surface area (Å²) in [5.41, 5.74) is 1.01. The van der Waals surface area contributed by atoms with Crippen molar-refractivity contribution < 1.29 is 14.6 Å². The summed E-state index contributed by atoms with van der Waals surface area (Å²) in [6.45, 7) is 0. The number of fused-ring (bicyclic) bond motifs is 2. The van der Waals surface area contributed by atoms with Crippen LogP contribution in [0.2, 0.25) is 0 Å². The molecule has 0 amide bonds. The third-order valence-corrected chi connectivity index (χ3v) is 4.28. The molecule has 0 unspecified atom stereocenters. The van der Waals surface area contributed by atoms with Crippen LogP contribution in [0.1, 0.15) is 16.7 Å². The fourth-order valence-electron chi connectivity index (χ4n) is 3.12. The SMILES string of the molecule is COc1ccc(C2(O)c3ccccc3Oc3ccccc32)cc1. The molecule has 1 heterocycles. The molecule has 4 rings (SSSR count). The average molecular weight is 304 g/mol. The van der Waals surface area contributed by atoms with Gasteiger partial charge in [0.2, 0.25) is 0 Å². The van der Waals surface area contributed by atoms with Crippen LogP contribution < -0.4 is 9.47 Å². The van der Waals surface area contributed by atoms with Gasteiger partial charge in [0.1, 0.15) is 22.8 Å². The molecular formula is C20H16O3. The second-order valence-corrected chi connectivity index (χ2v) is 5.53. The van der Waals surface area contributed by atoms with Gasteiger partial charge in [-0.25, -0.2) is 0 Å². The molecule has 3 nitrogen and oxygen atoms in total. The van der Waals surface area contributed by atoms with Gasteiger partial charge in [-0.2, -0.15) is 0 Å². The van der Waals surface area contributed by atoms with E-state index < -0.39 is 5.60 Å². The topological polar surface area (TPSA) is 38.7 Å². The molecule has 0 saturated carbocycles. The van der Waals surface area contributed by atoms with E-state index in [2.05, 4.69) is 0 Å². The first-order valence-corrected chi connectivity index (χ1v) is 7.47. The Balaban J connectivity index is 1.98. The lowest BCUT2D eigenvalue weighted by atomic mass is 9.78. The van der Waals surface area contributed by atoms with Crippen LogP contribution in [0.3, 0.4) is 0 Å². The minimum Gasteiger partial charge on any atom is -0.497 e. The van der Waals surface area contributed by atoms with Gasteiger partial charge in [0.25, 0.3) is 0 Å². The largest absolute Gasteiger partial charge is 0.497 e. The number of rotatable bonds is 2. The molecule has 0 aliphatic carbocycles. The molecule has 0 saturated heterocycles. The number of hydrogen-bond acceptors (Lipinski definition) is 3. The lowest BCUT2D eigenvalue weighted by Gasteiger charge is -2.36. The summed E-state index contributed by atoms with van der Waals surface area (Å²) in [5.74, 6) is 2.10. The van der Waals surface area contributed by atoms with Crippen LogP contribution in [-0.4, -0.2) is 12.2 Å². The minimum atomic E-state index is -1.25. The lowest BCUT2D eigenvalue weighted by Crippen LogP contribution is -2.32. The van der Waals surface area contributed by atoms with E-state index in [0.717, 1.165) is 22.4 Å². The molecule has 1 aliphatic rings. The standard InChI is InChI=1S/C20H16O3/c1-22-15-12-10-14(11-13-15)20(21)16-6-2-4-8-18(16)23-19-9-5-3-7-17(19)20/h2-13,21H,1H3. The molecule has 0 bridgehead atoms. The fourth-order valence-corrected chi connectivity index (χ4v) is 3.12. The van der Waals surface area contributed by atoms with Crippen molar-refractivity contribution in [1.29, 1.82) is 0 Å². The summed E-state index contributed by atoms with van der Waals surface area (Å²) in [4.78, 5) is 0. The minimum absolute atomic E-state index is 0.671. The van der Waals surface area contributed by atoms with Gasteiger partial charge >= 0.3 is 0 Å². The van der Waals surface area contributed by atoms with Crippen LogP contribution in [0.15, 0.2) is 72.8 Å². The quantitative estimate of drug-likeness (QED) is 0.775. The maximum absolute atomic E-state index is 11.7. The third-order valence-electron chi connectivity index (χ3n) is 4.28. The van der Waals surface area contributed by atoms with E-state index in [4.69, 9.17) is 9.47 Å². The average Bonchev–Trinajstić information content (AvgIpc) is 2.62. The van der Waals surface area contributed by atoms with Crippen LogP contribution in [0.25, 0.3) is 0 Å². The maximum atomic E-state index is 11.7. The van der Waals surface area contributed by atoms with E-state index in [1.807, 2.05) is 72.8 Å². The van der Waals surface area contributed by atoms with Crippen molar-refractivity contribution in [2.45, 2.75) is 5.60 Å². The Bertz CT molecular complexity index is 807. The van der Waals surface area contributed by atoms with Gasteiger partial charge in [0.05, 0.1) is 7.11 Å². The number of methoxy groups -OCH3 is 1. The highest BCUT2D eigenvalue weighted by molar-refractivity contribution is 5.60. The van der Waals surface area contributed by atoms with Gasteiger partial charge in [-0.15, -0.1) is 0 Å². The summed E-state index contributed by atoms with van der Waals surface area (Å²) >= 11 is 0. The predicted molar refractivity (Wildman–Crippen MR) is 88.1 cm³/mol. The van der Waals surface area contributed by atoms with Crippen molar-refractivity contribution in [1.82, 2.24) is 0 Å². The molecule has 1 N–H and O–H groups in total. The molecular weight excluding hydrogens is 288 g/mol. The number of para-hydroxylation sites is 2. The number of benzene rings is 3. The normalized spacial score (nSPS) is 14.3. The van der Waals surface area contributed by atoms with Crippen molar-refractivity contribution >= 4 is 0 Å². The number of hydrogen-bond donors (Lipinski definition) is 1. The highest BCUT2D eigenvalue weighted by Crippen LogP contribution is 2.49. The fraction of sp³-hybridized carbons (Fsp3) is 0.100. The highest BCUT2D eigenvalue weighted by atomic mass is 16.5. The lowest BCUT2D eigenvalue weighted by molar-refractivity contribution is 0.112. The first kappa shape index (κ1) is 13.9. The zero-order valence-electron chi connectivity index (χ0n) is 12.7. The van der Waals surface area contributed by atoms with Crippen molar-refractivity contribution in [3.63, 3.8) is 0 Å². The van der Waals surface area contributed by atoms with Crippen LogP contribution in [-0.2, 0) is 5.60 Å². The van der Waals surface area contributed by atoms with Crippen molar-refractivity contribution in [2.24, 2.45) is 0 Å². The summed E-state index contributed by atoms with van der Waals surface area (Å²) in [6, 6.07) is 22.7. The van der Waals surface area contributed by atoms with Gasteiger partial charge < -0.3 is 14.6 Å². The number of aliphatic hydroxyl groups is 1. The third kappa shape index (κ3) is 2.01. The van der Waals surface area contributed by atoms with Crippen LogP contribution in [0.4, 0.5) is 0 Å². The predicted octanol–water partition coefficient (Wildman–Crippen LogP) is 4.09. The molecule has 114 valence electrons. The molecule has 0 fully saturated rings. The monoisotopic (exact) mass is 304 g/mol. The van der Waals surface area contributed by atoms with Crippen molar-refractivity contribution in [2.75, 3.05) is 7.11 Å². The van der Waals surface area contributed by atoms with Gasteiger partial charge in [-0.1, -0.05) is 48.5 Å². The molecule has 3 aromatic rings. The molecule has 0 atom stereocenters. The van der Waals surface area contributed by atoms with E-state index in [1.54, 1.807) is 7.11 Å². The van der Waals surface area contributed by atoms with E-state index in [9.17, 15) is 5.11 Å². The maximum Gasteiger partial charge on any atom is 0.147 e. The Morgan fingerprint density at radius 2 is 1.30 bits per heavy atom. The van der Waals surface area contributed by atoms with Crippen LogP contribution >= 0.6 is 0 Å². The summed E-state index contributed by atoms with van der Waals surface area (Å²) < 4.78 is 11.2. The van der Waals surface area contributed by atoms with E-state index in [0.29, 0.717) is 11.5 Å². The molecule has 0 spiro atoms. The highest BCUT2D eigenvalue weighted by Gasteiger charge is 2.41. The molecule has 1 aliphatic heterocycles. The van der Waals surface area contributed by atoms with E-state index >= 15 is 0 Å². The van der Waals surface area contributed by atoms with Crippen LogP contribution in [0.5, 0.6) is 17.2 Å². The second-order valence-electron chi connectivity index (χ2n) is 5.53. The Labute approximate surface area is 134 Å². The van der Waals surface area contributed by atoms with Gasteiger partial charge in [-0.05, 0) is 29.8 Å². The summed E-state index contributed by atoms with van der Waals surface area (Å²) in [7, 11) is 1.63. The van der Waals surface area contributed by atoms with E-state index in [-0.39, 0.29) is 0 Å². The van der Waals surface area contributed by atoms with Crippen molar-refractivity contribution in [3.8, 4) is 17.2 Å². The van der Waals surface area contributed by atoms with Gasteiger partial charge in [0, 0.05) is 11.1 Å². The van der Waals surface area contributed by atoms with E-state index in [1.165, 1.54) is 0 Å². The smallest absolute Gasteiger partial charge is 0.147 e. The number of ether oxygens (including phenoxy) is 2. The molecule has 0 radical (unpaired) electrons. The van der Waals surface area contributed by atoms with Gasteiger partial charge in [0.15, 0.2) is 0 Å². The Kier molecular flexibility index (Phi) is 3.10. The summed E-state index contributed by atoms with van der Waals surface area (Å²) in [5, 5.41) is 11.7. The second kappa shape index (κ2) is 5.14. The molecule has 3 heteroatoms. The first-order valence-electron chi connectivity index (χ1n) is 7.47. The Morgan fingerprint density at radius 3 is 1.83 bits per heavy atom. The zero-order valence-corrected chi connectivity index (χ0v) is 12.7. The summed E-state index contributed by atoms with van der Waals surface area (Å²) in [6.07, 6.45) is 0. The molecule has 0 aromatic heterocycles. The van der Waals surface area contributed by atoms with Crippen molar-refractivity contribution in [3.05, 3.63) is 89.5 Å². The Morgan fingerprint density at radius 1 is 0.783 bits per heavy atom. The zero-order chi connectivity index (χ0) is 15.9. The molecule has 3 aromatic carbocycles. The Hall–Kier alpha value is -2.78. The first-order chi connectivity index (χ1) is 11.2. The van der Waals surface area contributed by atoms with Gasteiger partial charge in [-0.3, -0.25) is 0 Å². The molecule has 23 heavy (non-hydrogen) atoms. The van der Waals surface area contributed by atoms with Crippen LogP contribution in [0, 0.1) is 0 Å².